The van der Waals surface area contributed by atoms with E-state index < -0.39 is 24.4 Å². The Balaban J connectivity index is 1.55. The van der Waals surface area contributed by atoms with Gasteiger partial charge in [-0.05, 0) is 29.8 Å². The van der Waals surface area contributed by atoms with E-state index in [0.717, 1.165) is 11.2 Å². The van der Waals surface area contributed by atoms with Crippen LogP contribution in [0.25, 0.3) is 10.9 Å². The van der Waals surface area contributed by atoms with E-state index in [-0.39, 0.29) is 11.4 Å². The van der Waals surface area contributed by atoms with Crippen molar-refractivity contribution in [2.24, 2.45) is 7.05 Å². The van der Waals surface area contributed by atoms with E-state index in [9.17, 15) is 14.3 Å². The van der Waals surface area contributed by atoms with Gasteiger partial charge in [0.25, 0.3) is 5.91 Å². The first-order chi connectivity index (χ1) is 15.5. The number of benzene rings is 1. The molecule has 1 aromatic carbocycles. The van der Waals surface area contributed by atoms with Crippen molar-refractivity contribution in [2.75, 3.05) is 19.0 Å². The van der Waals surface area contributed by atoms with Gasteiger partial charge in [0.15, 0.2) is 11.6 Å². The highest BCUT2D eigenvalue weighted by Gasteiger charge is 2.18. The molecular weight excluding hydrogens is 415 g/mol. The van der Waals surface area contributed by atoms with Crippen LogP contribution in [-0.2, 0) is 7.05 Å². The number of pyridine rings is 2. The number of aromatic nitrogens is 4. The number of aliphatic hydroxyl groups is 1. The van der Waals surface area contributed by atoms with Gasteiger partial charge in [0.05, 0.1) is 31.5 Å². The van der Waals surface area contributed by atoms with Crippen LogP contribution in [0.2, 0.25) is 0 Å². The molecule has 0 saturated heterocycles. The van der Waals surface area contributed by atoms with Crippen molar-refractivity contribution in [3.63, 3.8) is 0 Å². The first-order valence-corrected chi connectivity index (χ1v) is 9.75. The van der Waals surface area contributed by atoms with Gasteiger partial charge in [-0.25, -0.2) is 14.4 Å². The molecule has 0 aliphatic heterocycles. The first-order valence-electron chi connectivity index (χ1n) is 9.75. The molecule has 4 rings (SSSR count). The Hall–Kier alpha value is -4.05. The van der Waals surface area contributed by atoms with E-state index in [1.807, 2.05) is 0 Å². The normalized spacial score (nSPS) is 11.9. The number of amides is 1. The Labute approximate surface area is 182 Å². The highest BCUT2D eigenvalue weighted by Crippen LogP contribution is 2.23. The molecule has 0 unspecified atom stereocenters. The molecule has 4 aromatic rings. The van der Waals surface area contributed by atoms with Crippen molar-refractivity contribution in [1.29, 1.82) is 0 Å². The lowest BCUT2D eigenvalue weighted by Crippen LogP contribution is -2.31. The Bertz CT molecular complexity index is 1280. The number of rotatable bonds is 7. The summed E-state index contributed by atoms with van der Waals surface area (Å²) in [6, 6.07) is 10.3. The maximum absolute atomic E-state index is 14.0. The van der Waals surface area contributed by atoms with E-state index in [0.29, 0.717) is 16.9 Å². The van der Waals surface area contributed by atoms with Gasteiger partial charge in [-0.15, -0.1) is 0 Å². The molecule has 3 N–H and O–H groups in total. The molecule has 3 aromatic heterocycles. The summed E-state index contributed by atoms with van der Waals surface area (Å²) in [6.07, 6.45) is 3.32. The van der Waals surface area contributed by atoms with E-state index >= 15 is 0 Å². The topological polar surface area (TPSA) is 114 Å². The molecule has 10 heteroatoms. The van der Waals surface area contributed by atoms with Crippen LogP contribution in [0, 0.1) is 5.82 Å². The number of carbonyl (C=O) groups is 1. The predicted octanol–water partition coefficient (Wildman–Crippen LogP) is 2.72. The monoisotopic (exact) mass is 436 g/mol. The Morgan fingerprint density at radius 1 is 1.25 bits per heavy atom. The molecule has 3 heterocycles. The standard InChI is InChI=1S/C22H21FN6O3/c1-29-21(7-8-25-29)28-20-10-17-14(11-24-20)3-5-16(26-17)22(31)27-18(12-30)13-4-6-19(32-2)15(23)9-13/h3-11,18,30H,12H2,1-2H3,(H,24,28)(H,27,31)/t18-/m1/s1. The summed E-state index contributed by atoms with van der Waals surface area (Å²) in [5.74, 6) is 0.302. The number of methoxy groups -OCH3 is 1. The molecule has 0 radical (unpaired) electrons. The fourth-order valence-electron chi connectivity index (χ4n) is 3.20. The highest BCUT2D eigenvalue weighted by atomic mass is 19.1. The molecule has 0 aliphatic carbocycles. The zero-order chi connectivity index (χ0) is 22.7. The summed E-state index contributed by atoms with van der Waals surface area (Å²) in [5.41, 5.74) is 1.13. The molecule has 1 atom stereocenters. The van der Waals surface area contributed by atoms with Gasteiger partial charge in [-0.3, -0.25) is 9.48 Å². The molecule has 32 heavy (non-hydrogen) atoms. The molecule has 0 saturated carbocycles. The van der Waals surface area contributed by atoms with E-state index in [1.165, 1.54) is 19.2 Å². The lowest BCUT2D eigenvalue weighted by Gasteiger charge is -2.17. The molecule has 1 amide bonds. The zero-order valence-electron chi connectivity index (χ0n) is 17.4. The van der Waals surface area contributed by atoms with Gasteiger partial charge in [-0.2, -0.15) is 5.10 Å². The van der Waals surface area contributed by atoms with E-state index in [4.69, 9.17) is 4.74 Å². The predicted molar refractivity (Wildman–Crippen MR) is 116 cm³/mol. The number of fused-ring (bicyclic) bond motifs is 1. The molecule has 164 valence electrons. The number of aliphatic hydroxyl groups excluding tert-OH is 1. The third-order valence-electron chi connectivity index (χ3n) is 4.95. The van der Waals surface area contributed by atoms with Crippen molar-refractivity contribution >= 4 is 28.4 Å². The number of hydrogen-bond acceptors (Lipinski definition) is 7. The summed E-state index contributed by atoms with van der Waals surface area (Å²) in [7, 11) is 3.16. The third kappa shape index (κ3) is 4.35. The van der Waals surface area contributed by atoms with Crippen LogP contribution in [0.1, 0.15) is 22.1 Å². The Kier molecular flexibility index (Phi) is 5.95. The minimum Gasteiger partial charge on any atom is -0.494 e. The quantitative estimate of drug-likeness (QED) is 0.408. The fraction of sp³-hybridized carbons (Fsp3) is 0.182. The van der Waals surface area contributed by atoms with Crippen LogP contribution >= 0.6 is 0 Å². The summed E-state index contributed by atoms with van der Waals surface area (Å²) < 4.78 is 20.6. The molecule has 0 spiro atoms. The van der Waals surface area contributed by atoms with Crippen LogP contribution in [-0.4, -0.2) is 44.5 Å². The number of aryl methyl sites for hydroxylation is 1. The van der Waals surface area contributed by atoms with Gasteiger partial charge >= 0.3 is 0 Å². The maximum Gasteiger partial charge on any atom is 0.270 e. The second kappa shape index (κ2) is 8.98. The summed E-state index contributed by atoms with van der Waals surface area (Å²) in [4.78, 5) is 21.6. The van der Waals surface area contributed by atoms with Crippen molar-refractivity contribution in [3.05, 3.63) is 71.9 Å². The number of hydrogen-bond donors (Lipinski definition) is 3. The van der Waals surface area contributed by atoms with Gasteiger partial charge in [-0.1, -0.05) is 6.07 Å². The van der Waals surface area contributed by atoms with Crippen LogP contribution in [0.3, 0.4) is 0 Å². The lowest BCUT2D eigenvalue weighted by molar-refractivity contribution is 0.0911. The molecule has 9 nitrogen and oxygen atoms in total. The summed E-state index contributed by atoms with van der Waals surface area (Å²) in [5, 5.41) is 20.4. The van der Waals surface area contributed by atoms with Crippen molar-refractivity contribution in [1.82, 2.24) is 25.1 Å². The minimum absolute atomic E-state index is 0.0807. The maximum atomic E-state index is 14.0. The number of anilines is 2. The van der Waals surface area contributed by atoms with Crippen LogP contribution < -0.4 is 15.4 Å². The first kappa shape index (κ1) is 21.2. The van der Waals surface area contributed by atoms with E-state index in [2.05, 4.69) is 25.7 Å². The van der Waals surface area contributed by atoms with Gasteiger partial charge in [0.1, 0.15) is 17.3 Å². The second-order valence-electron chi connectivity index (χ2n) is 7.03. The third-order valence-corrected chi connectivity index (χ3v) is 4.95. The average Bonchev–Trinajstić information content (AvgIpc) is 3.20. The van der Waals surface area contributed by atoms with Gasteiger partial charge in [0, 0.05) is 30.8 Å². The number of ether oxygens (including phenoxy) is 1. The largest absolute Gasteiger partial charge is 0.494 e. The smallest absolute Gasteiger partial charge is 0.270 e. The molecule has 0 aliphatic rings. The fourth-order valence-corrected chi connectivity index (χ4v) is 3.20. The summed E-state index contributed by atoms with van der Waals surface area (Å²) >= 11 is 0. The second-order valence-corrected chi connectivity index (χ2v) is 7.03. The minimum atomic E-state index is -0.806. The number of carbonyl (C=O) groups excluding carboxylic acids is 1. The average molecular weight is 436 g/mol. The van der Waals surface area contributed by atoms with Crippen LogP contribution in [0.5, 0.6) is 5.75 Å². The van der Waals surface area contributed by atoms with Crippen molar-refractivity contribution < 1.29 is 19.0 Å². The molecule has 0 fully saturated rings. The number of nitrogens with zero attached hydrogens (tertiary/aromatic N) is 4. The molecular formula is C22H21FN6O3. The SMILES string of the molecule is COc1ccc([C@@H](CO)NC(=O)c2ccc3cnc(Nc4ccnn4C)cc3n2)cc1F. The van der Waals surface area contributed by atoms with Gasteiger partial charge < -0.3 is 20.5 Å². The highest BCUT2D eigenvalue weighted by molar-refractivity contribution is 5.95. The van der Waals surface area contributed by atoms with Gasteiger partial charge in [0.2, 0.25) is 0 Å². The molecule has 0 bridgehead atoms. The van der Waals surface area contributed by atoms with Crippen molar-refractivity contribution in [2.45, 2.75) is 6.04 Å². The summed E-state index contributed by atoms with van der Waals surface area (Å²) in [6.45, 7) is -0.409. The van der Waals surface area contributed by atoms with Crippen molar-refractivity contribution in [3.8, 4) is 5.75 Å². The zero-order valence-corrected chi connectivity index (χ0v) is 17.4. The Morgan fingerprint density at radius 3 is 2.78 bits per heavy atom. The number of nitrogens with one attached hydrogen (secondary N) is 2. The lowest BCUT2D eigenvalue weighted by atomic mass is 10.1. The Morgan fingerprint density at radius 2 is 2.09 bits per heavy atom. The van der Waals surface area contributed by atoms with Crippen LogP contribution in [0.15, 0.2) is 54.9 Å². The number of halogens is 1. The van der Waals surface area contributed by atoms with Crippen LogP contribution in [0.4, 0.5) is 16.0 Å². The van der Waals surface area contributed by atoms with E-state index in [1.54, 1.807) is 54.5 Å².